The number of benzene rings is 2. The summed E-state index contributed by atoms with van der Waals surface area (Å²) in [6, 6.07) is 10.1. The lowest BCUT2D eigenvalue weighted by molar-refractivity contribution is -0.131. The van der Waals surface area contributed by atoms with Crippen LogP contribution >= 0.6 is 15.9 Å². The van der Waals surface area contributed by atoms with Gasteiger partial charge in [-0.3, -0.25) is 24.1 Å². The van der Waals surface area contributed by atoms with E-state index in [4.69, 9.17) is 9.47 Å². The van der Waals surface area contributed by atoms with Gasteiger partial charge in [0.2, 0.25) is 5.91 Å². The van der Waals surface area contributed by atoms with Crippen LogP contribution in [0.1, 0.15) is 50.3 Å². The monoisotopic (exact) mass is 557 g/mol. The number of rotatable bonds is 7. The predicted octanol–water partition coefficient (Wildman–Crippen LogP) is 3.22. The lowest BCUT2D eigenvalue weighted by atomic mass is 10.1. The Morgan fingerprint density at radius 2 is 1.56 bits per heavy atom. The van der Waals surface area contributed by atoms with Crippen LogP contribution in [-0.2, 0) is 4.79 Å². The molecule has 2 aliphatic rings. The van der Waals surface area contributed by atoms with Crippen molar-refractivity contribution in [2.24, 2.45) is 0 Å². The molecule has 0 bridgehead atoms. The lowest BCUT2D eigenvalue weighted by Crippen LogP contribution is -2.38. The molecule has 0 atom stereocenters. The molecule has 0 unspecified atom stereocenters. The fraction of sp³-hybridized carbons (Fsp3) is 0.385. The number of carbonyl (C=O) groups excluding carboxylic acids is 4. The molecule has 36 heavy (non-hydrogen) atoms. The Bertz CT molecular complexity index is 1200. The third-order valence-electron chi connectivity index (χ3n) is 6.47. The van der Waals surface area contributed by atoms with Gasteiger partial charge in [-0.25, -0.2) is 0 Å². The summed E-state index contributed by atoms with van der Waals surface area (Å²) in [5.74, 6) is 0.214. The van der Waals surface area contributed by atoms with Gasteiger partial charge in [0.1, 0.15) is 0 Å². The Balaban J connectivity index is 1.29. The molecule has 190 valence electrons. The number of halogens is 1. The minimum atomic E-state index is -0.331. The molecule has 2 aliphatic heterocycles. The minimum Gasteiger partial charge on any atom is -0.493 e. The summed E-state index contributed by atoms with van der Waals surface area (Å²) in [6.45, 7) is 2.13. The van der Waals surface area contributed by atoms with Gasteiger partial charge in [0.15, 0.2) is 11.5 Å². The van der Waals surface area contributed by atoms with Crippen LogP contribution in [0.5, 0.6) is 11.5 Å². The van der Waals surface area contributed by atoms with Crippen LogP contribution < -0.4 is 9.47 Å². The van der Waals surface area contributed by atoms with Crippen molar-refractivity contribution < 1.29 is 28.7 Å². The van der Waals surface area contributed by atoms with E-state index < -0.39 is 0 Å². The molecule has 1 fully saturated rings. The zero-order chi connectivity index (χ0) is 25.8. The van der Waals surface area contributed by atoms with E-state index in [1.54, 1.807) is 53.3 Å². The van der Waals surface area contributed by atoms with Crippen molar-refractivity contribution in [2.75, 3.05) is 46.9 Å². The van der Waals surface area contributed by atoms with Crippen LogP contribution in [-0.4, -0.2) is 85.3 Å². The maximum atomic E-state index is 13.0. The first-order valence-electron chi connectivity index (χ1n) is 11.8. The minimum absolute atomic E-state index is 0.0465. The Labute approximate surface area is 218 Å². The summed E-state index contributed by atoms with van der Waals surface area (Å²) in [4.78, 5) is 55.8. The number of nitrogens with zero attached hydrogens (tertiary/aromatic N) is 3. The van der Waals surface area contributed by atoms with Crippen molar-refractivity contribution in [2.45, 2.75) is 19.3 Å². The SMILES string of the molecule is COc1ccc(C(=O)N2CCCN(C(=O)CCCN3C(=O)c4ccc(Br)cc4C3=O)CC2)cc1OC. The van der Waals surface area contributed by atoms with Crippen LogP contribution in [0.3, 0.4) is 0 Å². The first-order chi connectivity index (χ1) is 17.3. The molecule has 2 aromatic rings. The fourth-order valence-electron chi connectivity index (χ4n) is 4.53. The van der Waals surface area contributed by atoms with Crippen molar-refractivity contribution in [3.63, 3.8) is 0 Å². The van der Waals surface area contributed by atoms with E-state index in [0.717, 1.165) is 4.47 Å². The van der Waals surface area contributed by atoms with Gasteiger partial charge in [-0.15, -0.1) is 0 Å². The predicted molar refractivity (Wildman–Crippen MR) is 135 cm³/mol. The van der Waals surface area contributed by atoms with Crippen molar-refractivity contribution in [3.8, 4) is 11.5 Å². The van der Waals surface area contributed by atoms with Crippen molar-refractivity contribution in [1.29, 1.82) is 0 Å². The second-order valence-corrected chi connectivity index (χ2v) is 9.57. The van der Waals surface area contributed by atoms with Gasteiger partial charge in [0.05, 0.1) is 25.3 Å². The molecule has 0 N–H and O–H groups in total. The fourth-order valence-corrected chi connectivity index (χ4v) is 4.90. The summed E-state index contributed by atoms with van der Waals surface area (Å²) in [5, 5.41) is 0. The Hall–Kier alpha value is -3.40. The number of amides is 4. The van der Waals surface area contributed by atoms with E-state index in [-0.39, 0.29) is 36.6 Å². The topological polar surface area (TPSA) is 96.5 Å². The zero-order valence-electron chi connectivity index (χ0n) is 20.3. The van der Waals surface area contributed by atoms with Crippen LogP contribution in [0.25, 0.3) is 0 Å². The number of ether oxygens (including phenoxy) is 2. The van der Waals surface area contributed by atoms with Gasteiger partial charge in [-0.1, -0.05) is 15.9 Å². The van der Waals surface area contributed by atoms with E-state index in [2.05, 4.69) is 15.9 Å². The molecule has 2 heterocycles. The summed E-state index contributed by atoms with van der Waals surface area (Å²) >= 11 is 3.33. The maximum absolute atomic E-state index is 13.0. The van der Waals surface area contributed by atoms with Gasteiger partial charge < -0.3 is 19.3 Å². The second-order valence-electron chi connectivity index (χ2n) is 8.65. The van der Waals surface area contributed by atoms with Crippen molar-refractivity contribution >= 4 is 39.6 Å². The largest absolute Gasteiger partial charge is 0.493 e. The van der Waals surface area contributed by atoms with Crippen molar-refractivity contribution in [1.82, 2.24) is 14.7 Å². The number of hydrogen-bond acceptors (Lipinski definition) is 6. The molecule has 4 rings (SSSR count). The second kappa shape index (κ2) is 11.1. The van der Waals surface area contributed by atoms with Crippen molar-refractivity contribution in [3.05, 3.63) is 57.6 Å². The average molecular weight is 558 g/mol. The molecule has 0 aromatic heterocycles. The summed E-state index contributed by atoms with van der Waals surface area (Å²) in [5.41, 5.74) is 1.27. The van der Waals surface area contributed by atoms with Gasteiger partial charge in [-0.05, 0) is 49.2 Å². The number of carbonyl (C=O) groups is 4. The van der Waals surface area contributed by atoms with E-state index in [9.17, 15) is 19.2 Å². The molecule has 0 aliphatic carbocycles. The molecular weight excluding hydrogens is 530 g/mol. The lowest BCUT2D eigenvalue weighted by Gasteiger charge is -2.23. The average Bonchev–Trinajstić information content (AvgIpc) is 3.05. The number of imide groups is 1. The number of methoxy groups -OCH3 is 2. The van der Waals surface area contributed by atoms with E-state index in [1.807, 2.05) is 0 Å². The highest BCUT2D eigenvalue weighted by Crippen LogP contribution is 2.28. The molecule has 1 saturated heterocycles. The molecule has 10 heteroatoms. The maximum Gasteiger partial charge on any atom is 0.261 e. The number of fused-ring (bicyclic) bond motifs is 1. The molecule has 0 spiro atoms. The first-order valence-corrected chi connectivity index (χ1v) is 12.6. The quantitative estimate of drug-likeness (QED) is 0.485. The molecule has 0 radical (unpaired) electrons. The highest BCUT2D eigenvalue weighted by molar-refractivity contribution is 9.10. The third-order valence-corrected chi connectivity index (χ3v) is 6.96. The highest BCUT2D eigenvalue weighted by atomic mass is 79.9. The Morgan fingerprint density at radius 3 is 2.31 bits per heavy atom. The van der Waals surface area contributed by atoms with Gasteiger partial charge in [-0.2, -0.15) is 0 Å². The van der Waals surface area contributed by atoms with E-state index >= 15 is 0 Å². The van der Waals surface area contributed by atoms with Crippen LogP contribution in [0.4, 0.5) is 0 Å². The van der Waals surface area contributed by atoms with E-state index in [0.29, 0.717) is 67.2 Å². The zero-order valence-corrected chi connectivity index (χ0v) is 21.9. The van der Waals surface area contributed by atoms with E-state index in [1.165, 1.54) is 12.0 Å². The Morgan fingerprint density at radius 1 is 0.861 bits per heavy atom. The van der Waals surface area contributed by atoms with Gasteiger partial charge in [0.25, 0.3) is 17.7 Å². The summed E-state index contributed by atoms with van der Waals surface area (Å²) in [7, 11) is 3.06. The molecular formula is C26H28BrN3O6. The number of hydrogen-bond donors (Lipinski definition) is 0. The van der Waals surface area contributed by atoms with Crippen LogP contribution in [0.15, 0.2) is 40.9 Å². The highest BCUT2D eigenvalue weighted by Gasteiger charge is 2.35. The Kier molecular flexibility index (Phi) is 7.93. The summed E-state index contributed by atoms with van der Waals surface area (Å²) < 4.78 is 11.3. The molecule has 9 nitrogen and oxygen atoms in total. The molecule has 0 saturated carbocycles. The first kappa shape index (κ1) is 25.7. The third kappa shape index (κ3) is 5.23. The normalized spacial score (nSPS) is 15.6. The smallest absolute Gasteiger partial charge is 0.261 e. The summed E-state index contributed by atoms with van der Waals surface area (Å²) in [6.07, 6.45) is 1.27. The van der Waals surface area contributed by atoms with Gasteiger partial charge >= 0.3 is 0 Å². The standard InChI is InChI=1S/C26H28BrN3O6/c1-35-21-9-6-17(15-22(21)36-2)24(32)29-11-4-10-28(13-14-29)23(31)5-3-12-30-25(33)19-8-7-18(27)16-20(19)26(30)34/h6-9,15-16H,3-5,10-14H2,1-2H3. The molecule has 4 amide bonds. The van der Waals surface area contributed by atoms with Gasteiger partial charge in [0, 0.05) is 49.2 Å². The van der Waals surface area contributed by atoms with Crippen LogP contribution in [0.2, 0.25) is 0 Å². The molecule has 2 aromatic carbocycles. The van der Waals surface area contributed by atoms with Crippen LogP contribution in [0, 0.1) is 0 Å².